The van der Waals surface area contributed by atoms with E-state index in [4.69, 9.17) is 8.85 Å². The van der Waals surface area contributed by atoms with Crippen molar-refractivity contribution >= 4 is 27.0 Å². The van der Waals surface area contributed by atoms with Crippen molar-refractivity contribution in [1.29, 1.82) is 0 Å². The minimum absolute atomic E-state index is 0.881. The number of hydrogen-bond acceptors (Lipinski definition) is 3. The topological polar surface area (TPSA) is 18.5 Å². The number of hydrogen-bond donors (Lipinski definition) is 0. The van der Waals surface area contributed by atoms with Crippen molar-refractivity contribution in [3.63, 3.8) is 0 Å². The summed E-state index contributed by atoms with van der Waals surface area (Å²) < 4.78 is 12.3. The Morgan fingerprint density at radius 2 is 1.30 bits per heavy atom. The summed E-state index contributed by atoms with van der Waals surface area (Å²) in [5.41, 5.74) is 0. The van der Waals surface area contributed by atoms with Crippen LogP contribution in [0, 0.1) is 0 Å². The molecule has 0 rings (SSSR count). The van der Waals surface area contributed by atoms with Gasteiger partial charge in [-0.25, -0.2) is 0 Å². The van der Waals surface area contributed by atoms with Crippen LogP contribution in [0.5, 0.6) is 0 Å². The summed E-state index contributed by atoms with van der Waals surface area (Å²) >= 11 is 2.18. The summed E-state index contributed by atoms with van der Waals surface area (Å²) in [6, 6.07) is 1.15. The van der Waals surface area contributed by atoms with Crippen molar-refractivity contribution in [2.75, 3.05) is 19.0 Å². The molecular weight excluding hydrogens is 300 g/mol. The first-order valence-corrected chi connectivity index (χ1v) is 16.0. The summed E-state index contributed by atoms with van der Waals surface area (Å²) in [6.45, 7) is 15.7. The Labute approximate surface area is 133 Å². The molecule has 0 aromatic heterocycles. The maximum Gasteiger partial charge on any atom is 0.334 e. The van der Waals surface area contributed by atoms with E-state index in [0.717, 1.165) is 32.1 Å². The molecule has 0 fully saturated rings. The van der Waals surface area contributed by atoms with Crippen LogP contribution in [0.3, 0.4) is 0 Å². The van der Waals surface area contributed by atoms with Crippen LogP contribution >= 0.6 is 11.2 Å². The van der Waals surface area contributed by atoms with Crippen LogP contribution < -0.4 is 0 Å². The highest BCUT2D eigenvalue weighted by Gasteiger charge is 2.30. The summed E-state index contributed by atoms with van der Waals surface area (Å²) in [5.74, 6) is 1.27. The van der Waals surface area contributed by atoms with Gasteiger partial charge in [0, 0.05) is 13.2 Å². The standard InChI is InChI=1S/C15H36O2SSi2/c1-7-9-12-16-20(6,17-13-10-8-2)15-11-14-18-19(3,4)5/h7-15H2,1-6H3. The Kier molecular flexibility index (Phi) is 11.7. The minimum Gasteiger partial charge on any atom is -0.394 e. The number of rotatable bonds is 13. The average Bonchev–Trinajstić information content (AvgIpc) is 2.35. The molecule has 20 heavy (non-hydrogen) atoms. The maximum absolute atomic E-state index is 6.17. The summed E-state index contributed by atoms with van der Waals surface area (Å²) in [4.78, 5) is 0. The van der Waals surface area contributed by atoms with Crippen LogP contribution in [0.15, 0.2) is 0 Å². The molecule has 0 radical (unpaired) electrons. The fourth-order valence-electron chi connectivity index (χ4n) is 1.82. The van der Waals surface area contributed by atoms with Crippen molar-refractivity contribution < 1.29 is 8.85 Å². The van der Waals surface area contributed by atoms with E-state index in [1.807, 2.05) is 0 Å². The van der Waals surface area contributed by atoms with Crippen molar-refractivity contribution in [2.24, 2.45) is 0 Å². The molecule has 0 aliphatic rings. The highest BCUT2D eigenvalue weighted by atomic mass is 32.4. The van der Waals surface area contributed by atoms with Gasteiger partial charge in [-0.2, -0.15) is 11.2 Å². The van der Waals surface area contributed by atoms with Crippen molar-refractivity contribution in [3.05, 3.63) is 0 Å². The second-order valence-corrected chi connectivity index (χ2v) is 19.4. The zero-order valence-electron chi connectivity index (χ0n) is 14.6. The molecule has 0 spiro atoms. The van der Waals surface area contributed by atoms with Gasteiger partial charge in [0.05, 0.1) is 0 Å². The Morgan fingerprint density at radius 3 is 1.70 bits per heavy atom. The molecule has 5 heteroatoms. The second kappa shape index (κ2) is 11.3. The van der Waals surface area contributed by atoms with Gasteiger partial charge < -0.3 is 8.85 Å². The van der Waals surface area contributed by atoms with Gasteiger partial charge >= 0.3 is 8.56 Å². The molecule has 0 aliphatic carbocycles. The lowest BCUT2D eigenvalue weighted by molar-refractivity contribution is 0.168. The molecule has 0 aromatic carbocycles. The Morgan fingerprint density at radius 1 is 0.800 bits per heavy atom. The first kappa shape index (κ1) is 20.7. The van der Waals surface area contributed by atoms with Gasteiger partial charge in [0.15, 0.2) is 0 Å². The van der Waals surface area contributed by atoms with Gasteiger partial charge in [-0.3, -0.25) is 0 Å². The molecule has 0 aromatic rings. The van der Waals surface area contributed by atoms with Gasteiger partial charge in [0.1, 0.15) is 7.22 Å². The predicted octanol–water partition coefficient (Wildman–Crippen LogP) is 5.65. The Hall–Kier alpha value is 0.704. The first-order valence-electron chi connectivity index (χ1n) is 8.25. The average molecular weight is 337 g/mol. The zero-order chi connectivity index (χ0) is 15.5. The van der Waals surface area contributed by atoms with Crippen LogP contribution in [0.1, 0.15) is 46.0 Å². The van der Waals surface area contributed by atoms with Gasteiger partial charge in [-0.15, -0.1) is 0 Å². The minimum atomic E-state index is -1.92. The third-order valence-electron chi connectivity index (χ3n) is 3.12. The molecule has 2 nitrogen and oxygen atoms in total. The quantitative estimate of drug-likeness (QED) is 0.320. The van der Waals surface area contributed by atoms with E-state index >= 15 is 0 Å². The summed E-state index contributed by atoms with van der Waals surface area (Å²) in [5, 5.41) is 0. The molecule has 0 N–H and O–H groups in total. The largest absolute Gasteiger partial charge is 0.394 e. The molecule has 0 heterocycles. The van der Waals surface area contributed by atoms with Crippen LogP contribution in [-0.2, 0) is 8.85 Å². The molecule has 0 atom stereocenters. The third-order valence-corrected chi connectivity index (χ3v) is 10.6. The molecule has 122 valence electrons. The third kappa shape index (κ3) is 12.4. The van der Waals surface area contributed by atoms with E-state index in [1.54, 1.807) is 0 Å². The SMILES string of the molecule is CCCCO[Si](C)(CCCS[Si](C)(C)C)OCCCC. The van der Waals surface area contributed by atoms with E-state index in [2.05, 4.69) is 51.2 Å². The second-order valence-electron chi connectivity index (χ2n) is 6.60. The fraction of sp³-hybridized carbons (Fsp3) is 1.00. The smallest absolute Gasteiger partial charge is 0.334 e. The lowest BCUT2D eigenvalue weighted by Gasteiger charge is -2.27. The predicted molar refractivity (Wildman–Crippen MR) is 98.6 cm³/mol. The molecule has 0 saturated carbocycles. The van der Waals surface area contributed by atoms with Crippen LogP contribution in [0.25, 0.3) is 0 Å². The van der Waals surface area contributed by atoms with Crippen LogP contribution in [-0.4, -0.2) is 34.8 Å². The molecule has 0 saturated heterocycles. The van der Waals surface area contributed by atoms with E-state index < -0.39 is 15.8 Å². The number of unbranched alkanes of at least 4 members (excludes halogenated alkanes) is 2. The molecular formula is C15H36O2SSi2. The van der Waals surface area contributed by atoms with E-state index in [0.29, 0.717) is 0 Å². The zero-order valence-corrected chi connectivity index (χ0v) is 17.4. The van der Waals surface area contributed by atoms with Crippen molar-refractivity contribution in [2.45, 2.75) is 78.2 Å². The molecule has 0 amide bonds. The molecule has 0 aliphatic heterocycles. The first-order chi connectivity index (χ1) is 9.33. The summed E-state index contributed by atoms with van der Waals surface area (Å²) in [6.07, 6.45) is 5.96. The highest BCUT2D eigenvalue weighted by Crippen LogP contribution is 2.24. The molecule has 0 unspecified atom stereocenters. The Balaban J connectivity index is 4.08. The Bertz CT molecular complexity index is 222. The lowest BCUT2D eigenvalue weighted by Crippen LogP contribution is -2.39. The molecule has 0 bridgehead atoms. The fourth-order valence-corrected chi connectivity index (χ4v) is 7.59. The van der Waals surface area contributed by atoms with Gasteiger partial charge in [0.25, 0.3) is 0 Å². The van der Waals surface area contributed by atoms with Crippen molar-refractivity contribution in [3.8, 4) is 0 Å². The van der Waals surface area contributed by atoms with Gasteiger partial charge in [0.2, 0.25) is 0 Å². The maximum atomic E-state index is 6.17. The van der Waals surface area contributed by atoms with Crippen LogP contribution in [0.4, 0.5) is 0 Å². The van der Waals surface area contributed by atoms with Gasteiger partial charge in [-0.05, 0) is 37.6 Å². The normalized spacial score (nSPS) is 12.9. The summed E-state index contributed by atoms with van der Waals surface area (Å²) in [7, 11) is -2.88. The van der Waals surface area contributed by atoms with Crippen LogP contribution in [0.2, 0.25) is 32.2 Å². The van der Waals surface area contributed by atoms with Crippen molar-refractivity contribution in [1.82, 2.24) is 0 Å². The lowest BCUT2D eigenvalue weighted by atomic mass is 10.4. The van der Waals surface area contributed by atoms with E-state index in [1.165, 1.54) is 25.0 Å². The van der Waals surface area contributed by atoms with Gasteiger partial charge in [-0.1, -0.05) is 46.3 Å². The van der Waals surface area contributed by atoms with E-state index in [-0.39, 0.29) is 0 Å². The highest BCUT2D eigenvalue weighted by molar-refractivity contribution is 8.28. The van der Waals surface area contributed by atoms with E-state index in [9.17, 15) is 0 Å². The monoisotopic (exact) mass is 336 g/mol.